The van der Waals surface area contributed by atoms with Crippen LogP contribution < -0.4 is 5.73 Å². The van der Waals surface area contributed by atoms with E-state index in [2.05, 4.69) is 4.99 Å². The maximum atomic E-state index is 12.9. The molecule has 0 bridgehead atoms. The molecule has 2 aliphatic rings. The van der Waals surface area contributed by atoms with Crippen molar-refractivity contribution in [1.82, 2.24) is 9.80 Å². The van der Waals surface area contributed by atoms with Crippen molar-refractivity contribution in [2.75, 3.05) is 26.2 Å². The Kier molecular flexibility index (Phi) is 5.46. The van der Waals surface area contributed by atoms with Gasteiger partial charge in [-0.3, -0.25) is 14.6 Å². The molecule has 0 aromatic heterocycles. The number of nitrogens with zero attached hydrogens (tertiary/aromatic N) is 3. The predicted molar refractivity (Wildman–Crippen MR) is 97.4 cm³/mol. The highest BCUT2D eigenvalue weighted by molar-refractivity contribution is 6.69. The molecule has 0 unspecified atom stereocenters. The molecule has 1 saturated heterocycles. The average molecular weight is 397 g/mol. The van der Waals surface area contributed by atoms with Crippen LogP contribution in [0.2, 0.25) is 0 Å². The summed E-state index contributed by atoms with van der Waals surface area (Å²) in [4.78, 5) is 31.0. The summed E-state index contributed by atoms with van der Waals surface area (Å²) in [5.74, 6) is -3.89. The van der Waals surface area contributed by atoms with Crippen molar-refractivity contribution in [1.29, 1.82) is 0 Å². The fourth-order valence-corrected chi connectivity index (χ4v) is 3.19. The minimum Gasteiger partial charge on any atom is -0.394 e. The third kappa shape index (κ3) is 4.44. The second-order valence-electron chi connectivity index (χ2n) is 6.57. The Balaban J connectivity index is 1.62. The lowest BCUT2D eigenvalue weighted by atomic mass is 10.1. The van der Waals surface area contributed by atoms with Crippen LogP contribution in [0.4, 0.5) is 8.78 Å². The quantitative estimate of drug-likeness (QED) is 0.770. The van der Waals surface area contributed by atoms with Gasteiger partial charge in [0.2, 0.25) is 5.91 Å². The van der Waals surface area contributed by atoms with Gasteiger partial charge in [-0.25, -0.2) is 8.78 Å². The fraction of sp³-hybridized carbons (Fsp3) is 0.389. The molecule has 0 saturated carbocycles. The van der Waals surface area contributed by atoms with Crippen molar-refractivity contribution in [3.05, 3.63) is 47.2 Å². The topological polar surface area (TPSA) is 79.0 Å². The van der Waals surface area contributed by atoms with Gasteiger partial charge in [0.15, 0.2) is 0 Å². The SMILES string of the molecule is NC1=C(C(Cl)=NCc2ccccc2)CCN(CC(=O)N2CC(F)(F)C2)C1=O. The van der Waals surface area contributed by atoms with Crippen molar-refractivity contribution < 1.29 is 18.4 Å². The number of benzene rings is 1. The first-order chi connectivity index (χ1) is 12.8. The Morgan fingerprint density at radius 3 is 2.56 bits per heavy atom. The van der Waals surface area contributed by atoms with E-state index in [-0.39, 0.29) is 24.0 Å². The van der Waals surface area contributed by atoms with E-state index in [1.807, 2.05) is 30.3 Å². The average Bonchev–Trinajstić information content (AvgIpc) is 2.62. The van der Waals surface area contributed by atoms with Crippen LogP contribution in [-0.2, 0) is 16.1 Å². The van der Waals surface area contributed by atoms with Gasteiger partial charge in [0.25, 0.3) is 11.8 Å². The van der Waals surface area contributed by atoms with Crippen LogP contribution in [0, 0.1) is 0 Å². The van der Waals surface area contributed by atoms with Gasteiger partial charge in [0.05, 0.1) is 19.6 Å². The maximum absolute atomic E-state index is 12.9. The zero-order valence-electron chi connectivity index (χ0n) is 14.5. The second kappa shape index (κ2) is 7.64. The van der Waals surface area contributed by atoms with Crippen LogP contribution in [0.15, 0.2) is 46.6 Å². The largest absolute Gasteiger partial charge is 0.394 e. The van der Waals surface area contributed by atoms with E-state index in [1.54, 1.807) is 0 Å². The molecule has 6 nitrogen and oxygen atoms in total. The van der Waals surface area contributed by atoms with Gasteiger partial charge in [-0.2, -0.15) is 0 Å². The number of carbonyl (C=O) groups excluding carboxylic acids is 2. The lowest BCUT2D eigenvalue weighted by Crippen LogP contribution is -2.60. The predicted octanol–water partition coefficient (Wildman–Crippen LogP) is 1.75. The molecule has 0 spiro atoms. The van der Waals surface area contributed by atoms with Gasteiger partial charge in [-0.05, 0) is 12.0 Å². The van der Waals surface area contributed by atoms with E-state index >= 15 is 0 Å². The summed E-state index contributed by atoms with van der Waals surface area (Å²) in [6.07, 6.45) is 0.345. The summed E-state index contributed by atoms with van der Waals surface area (Å²) in [6.45, 7) is -0.912. The Morgan fingerprint density at radius 1 is 1.26 bits per heavy atom. The molecular weight excluding hydrogens is 378 g/mol. The number of aliphatic imine (C=N–C) groups is 1. The van der Waals surface area contributed by atoms with E-state index in [0.717, 1.165) is 10.5 Å². The van der Waals surface area contributed by atoms with Crippen LogP contribution in [0.3, 0.4) is 0 Å². The van der Waals surface area contributed by atoms with Gasteiger partial charge in [0, 0.05) is 12.1 Å². The summed E-state index contributed by atoms with van der Waals surface area (Å²) in [6, 6.07) is 9.49. The minimum atomic E-state index is -2.84. The molecule has 2 heterocycles. The fourth-order valence-electron chi connectivity index (χ4n) is 2.94. The maximum Gasteiger partial charge on any atom is 0.282 e. The second-order valence-corrected chi connectivity index (χ2v) is 6.93. The van der Waals surface area contributed by atoms with Crippen LogP contribution in [0.25, 0.3) is 0 Å². The number of amides is 2. The number of likely N-dealkylation sites (tertiary alicyclic amines) is 1. The molecular formula is C18H19ClF2N4O2. The van der Waals surface area contributed by atoms with E-state index in [4.69, 9.17) is 17.3 Å². The smallest absolute Gasteiger partial charge is 0.282 e. The number of rotatable bonds is 5. The van der Waals surface area contributed by atoms with Crippen LogP contribution in [0.5, 0.6) is 0 Å². The summed E-state index contributed by atoms with van der Waals surface area (Å²) < 4.78 is 25.7. The lowest BCUT2D eigenvalue weighted by Gasteiger charge is -2.40. The summed E-state index contributed by atoms with van der Waals surface area (Å²) in [5.41, 5.74) is 7.25. The van der Waals surface area contributed by atoms with Crippen LogP contribution >= 0.6 is 11.6 Å². The van der Waals surface area contributed by atoms with Gasteiger partial charge < -0.3 is 15.5 Å². The van der Waals surface area contributed by atoms with Crippen molar-refractivity contribution in [3.8, 4) is 0 Å². The molecule has 0 atom stereocenters. The van der Waals surface area contributed by atoms with Crippen molar-refractivity contribution >= 4 is 28.6 Å². The third-order valence-electron chi connectivity index (χ3n) is 4.49. The number of halogens is 3. The van der Waals surface area contributed by atoms with E-state index < -0.39 is 30.8 Å². The standard InChI is InChI=1S/C18H19ClF2N4O2/c19-16(23-8-12-4-2-1-3-5-12)13-6-7-24(17(27)15(13)22)9-14(26)25-10-18(20,21)11-25/h1-5H,6-11,22H2. The molecule has 1 aromatic carbocycles. The number of hydrogen-bond acceptors (Lipinski definition) is 4. The zero-order chi connectivity index (χ0) is 19.6. The van der Waals surface area contributed by atoms with Gasteiger partial charge in [-0.15, -0.1) is 0 Å². The van der Waals surface area contributed by atoms with Crippen molar-refractivity contribution in [3.63, 3.8) is 0 Å². The molecule has 144 valence electrons. The lowest BCUT2D eigenvalue weighted by molar-refractivity contribution is -0.167. The van der Waals surface area contributed by atoms with Crippen molar-refractivity contribution in [2.24, 2.45) is 10.7 Å². The Morgan fingerprint density at radius 2 is 1.93 bits per heavy atom. The molecule has 2 aliphatic heterocycles. The van der Waals surface area contributed by atoms with E-state index in [1.165, 1.54) is 4.90 Å². The normalized spacial score (nSPS) is 20.0. The molecule has 3 rings (SSSR count). The van der Waals surface area contributed by atoms with Gasteiger partial charge in [-0.1, -0.05) is 41.9 Å². The summed E-state index contributed by atoms with van der Waals surface area (Å²) in [5, 5.41) is 0.165. The molecule has 2 amide bonds. The number of hydrogen-bond donors (Lipinski definition) is 1. The zero-order valence-corrected chi connectivity index (χ0v) is 15.3. The molecule has 27 heavy (non-hydrogen) atoms. The first-order valence-electron chi connectivity index (χ1n) is 8.44. The van der Waals surface area contributed by atoms with Gasteiger partial charge >= 0.3 is 0 Å². The summed E-state index contributed by atoms with van der Waals surface area (Å²) in [7, 11) is 0. The highest BCUT2D eigenvalue weighted by Crippen LogP contribution is 2.27. The Labute approximate surface area is 160 Å². The number of carbonyl (C=O) groups is 2. The van der Waals surface area contributed by atoms with E-state index in [0.29, 0.717) is 18.5 Å². The van der Waals surface area contributed by atoms with Crippen LogP contribution in [0.1, 0.15) is 12.0 Å². The third-order valence-corrected chi connectivity index (χ3v) is 4.84. The highest BCUT2D eigenvalue weighted by Gasteiger charge is 2.46. The summed E-state index contributed by atoms with van der Waals surface area (Å²) >= 11 is 6.22. The molecule has 2 N–H and O–H groups in total. The van der Waals surface area contributed by atoms with E-state index in [9.17, 15) is 18.4 Å². The molecule has 9 heteroatoms. The molecule has 1 aromatic rings. The van der Waals surface area contributed by atoms with Gasteiger partial charge in [0.1, 0.15) is 17.4 Å². The highest BCUT2D eigenvalue weighted by atomic mass is 35.5. The minimum absolute atomic E-state index is 0.0650. The monoisotopic (exact) mass is 396 g/mol. The van der Waals surface area contributed by atoms with Crippen LogP contribution in [-0.4, -0.2) is 58.9 Å². The first kappa shape index (κ1) is 19.3. The number of nitrogens with two attached hydrogens (primary N) is 1. The molecule has 0 radical (unpaired) electrons. The Hall–Kier alpha value is -2.48. The van der Waals surface area contributed by atoms with Crippen molar-refractivity contribution in [2.45, 2.75) is 18.9 Å². The number of alkyl halides is 2. The molecule has 0 aliphatic carbocycles. The molecule has 1 fully saturated rings. The first-order valence-corrected chi connectivity index (χ1v) is 8.82. The Bertz CT molecular complexity index is 803.